The summed E-state index contributed by atoms with van der Waals surface area (Å²) in [6.07, 6.45) is 1.86. The van der Waals surface area contributed by atoms with E-state index in [1.54, 1.807) is 12.1 Å². The summed E-state index contributed by atoms with van der Waals surface area (Å²) in [5.74, 6) is 1.79. The lowest BCUT2D eigenvalue weighted by atomic mass is 10.2. The van der Waals surface area contributed by atoms with Crippen molar-refractivity contribution < 1.29 is 4.74 Å². The van der Waals surface area contributed by atoms with E-state index in [0.717, 1.165) is 56.4 Å². The van der Waals surface area contributed by atoms with Crippen LogP contribution in [-0.4, -0.2) is 42.2 Å². The Labute approximate surface area is 174 Å². The highest BCUT2D eigenvalue weighted by molar-refractivity contribution is 5.79. The zero-order chi connectivity index (χ0) is 21.1. The predicted molar refractivity (Wildman–Crippen MR) is 120 cm³/mol. The number of pyridine rings is 1. The Morgan fingerprint density at radius 2 is 1.90 bits per heavy atom. The van der Waals surface area contributed by atoms with Gasteiger partial charge in [0.25, 0.3) is 5.56 Å². The van der Waals surface area contributed by atoms with Gasteiger partial charge in [0, 0.05) is 45.0 Å². The van der Waals surface area contributed by atoms with Gasteiger partial charge < -0.3 is 19.5 Å². The van der Waals surface area contributed by atoms with Crippen LogP contribution in [-0.2, 0) is 13.1 Å². The number of aliphatic imine (C=N–C) groups is 1. The van der Waals surface area contributed by atoms with E-state index in [1.165, 1.54) is 5.56 Å². The lowest BCUT2D eigenvalue weighted by Gasteiger charge is -2.22. The van der Waals surface area contributed by atoms with Crippen molar-refractivity contribution in [1.29, 1.82) is 0 Å². The molecule has 6 heteroatoms. The molecule has 0 aliphatic heterocycles. The molecule has 2 aromatic rings. The highest BCUT2D eigenvalue weighted by atomic mass is 16.5. The quantitative estimate of drug-likeness (QED) is 0.378. The highest BCUT2D eigenvalue weighted by Crippen LogP contribution is 2.13. The second-order valence-electron chi connectivity index (χ2n) is 7.03. The molecule has 1 aromatic carbocycles. The number of benzene rings is 1. The van der Waals surface area contributed by atoms with E-state index in [0.29, 0.717) is 6.61 Å². The van der Waals surface area contributed by atoms with Gasteiger partial charge in [-0.25, -0.2) is 0 Å². The summed E-state index contributed by atoms with van der Waals surface area (Å²) in [5, 5.41) is 3.36. The predicted octanol–water partition coefficient (Wildman–Crippen LogP) is 3.43. The summed E-state index contributed by atoms with van der Waals surface area (Å²) in [7, 11) is 2.05. The van der Waals surface area contributed by atoms with Gasteiger partial charge in [-0.1, -0.05) is 18.2 Å². The van der Waals surface area contributed by atoms with Crippen LogP contribution in [0.2, 0.25) is 0 Å². The molecule has 0 bridgehead atoms. The fourth-order valence-corrected chi connectivity index (χ4v) is 3.15. The third-order valence-corrected chi connectivity index (χ3v) is 4.67. The van der Waals surface area contributed by atoms with Crippen LogP contribution in [0.4, 0.5) is 0 Å². The van der Waals surface area contributed by atoms with Crippen LogP contribution in [0.25, 0.3) is 0 Å². The Morgan fingerprint density at radius 1 is 1.14 bits per heavy atom. The second kappa shape index (κ2) is 11.9. The van der Waals surface area contributed by atoms with Crippen LogP contribution in [0.3, 0.4) is 0 Å². The van der Waals surface area contributed by atoms with Crippen molar-refractivity contribution in [3.8, 4) is 5.75 Å². The maximum absolute atomic E-state index is 11.9. The van der Waals surface area contributed by atoms with Gasteiger partial charge in [-0.3, -0.25) is 9.79 Å². The normalized spacial score (nSPS) is 11.4. The summed E-state index contributed by atoms with van der Waals surface area (Å²) >= 11 is 0. The zero-order valence-corrected chi connectivity index (χ0v) is 18.1. The first-order valence-electron chi connectivity index (χ1n) is 10.4. The summed E-state index contributed by atoms with van der Waals surface area (Å²) in [5.41, 5.74) is 2.28. The number of aryl methyl sites for hydroxylation is 1. The Kier molecular flexibility index (Phi) is 9.28. The first-order chi connectivity index (χ1) is 14.0. The fraction of sp³-hybridized carbons (Fsp3) is 0.478. The van der Waals surface area contributed by atoms with Crippen LogP contribution in [0.5, 0.6) is 5.75 Å². The number of hydrogen-bond donors (Lipinski definition) is 1. The molecule has 0 saturated heterocycles. The average Bonchev–Trinajstić information content (AvgIpc) is 2.70. The van der Waals surface area contributed by atoms with Crippen LogP contribution in [0, 0.1) is 6.92 Å². The molecule has 0 aliphatic rings. The molecule has 0 unspecified atom stereocenters. The molecular formula is C23H34N4O2. The highest BCUT2D eigenvalue weighted by Gasteiger charge is 2.07. The van der Waals surface area contributed by atoms with Gasteiger partial charge in [0.2, 0.25) is 0 Å². The van der Waals surface area contributed by atoms with Gasteiger partial charge in [-0.05, 0) is 57.4 Å². The molecule has 29 heavy (non-hydrogen) atoms. The minimum Gasteiger partial charge on any atom is -0.494 e. The molecule has 6 nitrogen and oxygen atoms in total. The molecule has 0 amide bonds. The van der Waals surface area contributed by atoms with E-state index < -0.39 is 0 Å². The molecule has 0 aliphatic carbocycles. The molecule has 158 valence electrons. The topological polar surface area (TPSA) is 58.9 Å². The molecule has 0 saturated carbocycles. The first kappa shape index (κ1) is 22.5. The van der Waals surface area contributed by atoms with Gasteiger partial charge in [-0.15, -0.1) is 0 Å². The van der Waals surface area contributed by atoms with Gasteiger partial charge in [0.05, 0.1) is 6.61 Å². The number of ether oxygens (including phenoxy) is 1. The third-order valence-electron chi connectivity index (χ3n) is 4.67. The maximum atomic E-state index is 11.9. The van der Waals surface area contributed by atoms with Gasteiger partial charge in [0.1, 0.15) is 5.75 Å². The smallest absolute Gasteiger partial charge is 0.250 e. The van der Waals surface area contributed by atoms with Crippen LogP contribution in [0.1, 0.15) is 37.9 Å². The Balaban J connectivity index is 1.86. The van der Waals surface area contributed by atoms with Crippen molar-refractivity contribution in [2.24, 2.45) is 4.99 Å². The van der Waals surface area contributed by atoms with Crippen molar-refractivity contribution in [1.82, 2.24) is 14.8 Å². The van der Waals surface area contributed by atoms with Crippen LogP contribution in [0.15, 0.2) is 52.3 Å². The number of hydrogen-bond acceptors (Lipinski definition) is 3. The molecular weight excluding hydrogens is 364 g/mol. The van der Waals surface area contributed by atoms with Crippen molar-refractivity contribution >= 4 is 5.96 Å². The number of nitrogens with one attached hydrogen (secondary N) is 1. The van der Waals surface area contributed by atoms with Crippen molar-refractivity contribution in [2.45, 2.75) is 46.7 Å². The molecule has 1 aromatic heterocycles. The SMILES string of the molecule is CCNC(=NCCCCn1c(C)cccc1=O)N(C)Cc1ccc(OCC)cc1. The van der Waals surface area contributed by atoms with E-state index >= 15 is 0 Å². The Bertz CT molecular complexity index is 828. The van der Waals surface area contributed by atoms with Gasteiger partial charge in [0.15, 0.2) is 5.96 Å². The standard InChI is InChI=1S/C23H34N4O2/c1-5-24-23(26(4)18-20-12-14-21(15-13-20)29-6-2)25-16-7-8-17-27-19(3)10-9-11-22(27)28/h9-15H,5-8,16-18H2,1-4H3,(H,24,25). The average molecular weight is 399 g/mol. The van der Waals surface area contributed by atoms with E-state index in [2.05, 4.69) is 29.3 Å². The molecule has 1 heterocycles. The minimum atomic E-state index is 0.0666. The largest absolute Gasteiger partial charge is 0.494 e. The fourth-order valence-electron chi connectivity index (χ4n) is 3.15. The maximum Gasteiger partial charge on any atom is 0.250 e. The monoisotopic (exact) mass is 398 g/mol. The molecule has 1 N–H and O–H groups in total. The van der Waals surface area contributed by atoms with Crippen molar-refractivity contribution in [3.05, 3.63) is 64.1 Å². The number of unbranched alkanes of at least 4 members (excludes halogenated alkanes) is 1. The van der Waals surface area contributed by atoms with Crippen LogP contribution < -0.4 is 15.6 Å². The zero-order valence-electron chi connectivity index (χ0n) is 18.1. The molecule has 0 fully saturated rings. The van der Waals surface area contributed by atoms with E-state index in [1.807, 2.05) is 43.7 Å². The number of guanidine groups is 1. The van der Waals surface area contributed by atoms with E-state index in [4.69, 9.17) is 9.73 Å². The lowest BCUT2D eigenvalue weighted by molar-refractivity contribution is 0.340. The Morgan fingerprint density at radius 3 is 2.55 bits per heavy atom. The van der Waals surface area contributed by atoms with E-state index in [9.17, 15) is 4.79 Å². The van der Waals surface area contributed by atoms with Crippen molar-refractivity contribution in [2.75, 3.05) is 26.7 Å². The van der Waals surface area contributed by atoms with Gasteiger partial charge in [-0.2, -0.15) is 0 Å². The number of aromatic nitrogens is 1. The number of nitrogens with zero attached hydrogens (tertiary/aromatic N) is 3. The first-order valence-corrected chi connectivity index (χ1v) is 10.4. The third kappa shape index (κ3) is 7.29. The lowest BCUT2D eigenvalue weighted by Crippen LogP contribution is -2.38. The summed E-state index contributed by atoms with van der Waals surface area (Å²) in [6.45, 7) is 9.77. The van der Waals surface area contributed by atoms with Crippen LogP contribution >= 0.6 is 0 Å². The minimum absolute atomic E-state index is 0.0666. The van der Waals surface area contributed by atoms with E-state index in [-0.39, 0.29) is 5.56 Å². The summed E-state index contributed by atoms with van der Waals surface area (Å²) < 4.78 is 7.33. The molecule has 0 radical (unpaired) electrons. The molecule has 0 atom stereocenters. The summed E-state index contributed by atoms with van der Waals surface area (Å²) in [4.78, 5) is 18.8. The summed E-state index contributed by atoms with van der Waals surface area (Å²) in [6, 6.07) is 13.6. The molecule has 0 spiro atoms. The second-order valence-corrected chi connectivity index (χ2v) is 7.03. The van der Waals surface area contributed by atoms with Gasteiger partial charge >= 0.3 is 0 Å². The molecule has 2 rings (SSSR count). The van der Waals surface area contributed by atoms with Crippen molar-refractivity contribution in [3.63, 3.8) is 0 Å². The number of rotatable bonds is 10. The Hall–Kier alpha value is -2.76.